The molecular formula is C15H14BrFN2. The zero-order valence-corrected chi connectivity index (χ0v) is 12.0. The predicted octanol–water partition coefficient (Wildman–Crippen LogP) is 3.07. The molecule has 0 radical (unpaired) electrons. The molecule has 1 aromatic carbocycles. The third-order valence-electron chi connectivity index (χ3n) is 3.69. The van der Waals surface area contributed by atoms with E-state index < -0.39 is 0 Å². The van der Waals surface area contributed by atoms with Crippen LogP contribution in [-0.2, 0) is 11.8 Å². The van der Waals surface area contributed by atoms with Gasteiger partial charge in [0.05, 0.1) is 0 Å². The van der Waals surface area contributed by atoms with Gasteiger partial charge in [-0.25, -0.2) is 4.39 Å². The lowest BCUT2D eigenvalue weighted by Gasteiger charge is -2.43. The Hall–Kier alpha value is -1.26. The molecule has 2 heterocycles. The molecule has 0 saturated carbocycles. The van der Waals surface area contributed by atoms with Crippen molar-refractivity contribution in [3.63, 3.8) is 0 Å². The predicted molar refractivity (Wildman–Crippen MR) is 76.6 cm³/mol. The number of hydrogen-bond acceptors (Lipinski definition) is 2. The van der Waals surface area contributed by atoms with E-state index in [1.807, 2.05) is 18.3 Å². The second-order valence-corrected chi connectivity index (χ2v) is 5.99. The average molecular weight is 321 g/mol. The van der Waals surface area contributed by atoms with Gasteiger partial charge < -0.3 is 5.32 Å². The van der Waals surface area contributed by atoms with Crippen molar-refractivity contribution in [2.45, 2.75) is 11.8 Å². The standard InChI is InChI=1S/C15H14BrFN2/c16-13-5-11(7-18-8-13)6-15(9-19-10-15)12-1-3-14(17)4-2-12/h1-5,7-8,19H,6,9-10H2. The van der Waals surface area contributed by atoms with Gasteiger partial charge >= 0.3 is 0 Å². The van der Waals surface area contributed by atoms with Gasteiger partial charge in [0.25, 0.3) is 0 Å². The van der Waals surface area contributed by atoms with Gasteiger partial charge in [0.15, 0.2) is 0 Å². The van der Waals surface area contributed by atoms with E-state index in [2.05, 4.69) is 32.3 Å². The van der Waals surface area contributed by atoms with Crippen molar-refractivity contribution in [1.82, 2.24) is 10.3 Å². The lowest BCUT2D eigenvalue weighted by molar-refractivity contribution is 0.274. The number of nitrogens with zero attached hydrogens (tertiary/aromatic N) is 1. The maximum Gasteiger partial charge on any atom is 0.123 e. The van der Waals surface area contributed by atoms with Crippen LogP contribution in [0.4, 0.5) is 4.39 Å². The highest BCUT2D eigenvalue weighted by molar-refractivity contribution is 9.10. The molecule has 0 unspecified atom stereocenters. The molecular weight excluding hydrogens is 307 g/mol. The van der Waals surface area contributed by atoms with Crippen molar-refractivity contribution in [1.29, 1.82) is 0 Å². The van der Waals surface area contributed by atoms with Gasteiger partial charge in [-0.05, 0) is 51.7 Å². The van der Waals surface area contributed by atoms with Crippen LogP contribution in [0.5, 0.6) is 0 Å². The minimum atomic E-state index is -0.185. The first-order valence-electron chi connectivity index (χ1n) is 6.24. The number of hydrogen-bond donors (Lipinski definition) is 1. The highest BCUT2D eigenvalue weighted by Gasteiger charge is 2.38. The quantitative estimate of drug-likeness (QED) is 0.940. The Morgan fingerprint density at radius 3 is 2.53 bits per heavy atom. The van der Waals surface area contributed by atoms with Crippen LogP contribution in [0.1, 0.15) is 11.1 Å². The number of nitrogens with one attached hydrogen (secondary N) is 1. The van der Waals surface area contributed by atoms with Crippen molar-refractivity contribution in [3.8, 4) is 0 Å². The van der Waals surface area contributed by atoms with Crippen LogP contribution in [-0.4, -0.2) is 18.1 Å². The summed E-state index contributed by atoms with van der Waals surface area (Å²) in [7, 11) is 0. The van der Waals surface area contributed by atoms with Gasteiger partial charge in [0.1, 0.15) is 5.82 Å². The van der Waals surface area contributed by atoms with Gasteiger partial charge in [-0.2, -0.15) is 0 Å². The Morgan fingerprint density at radius 1 is 1.21 bits per heavy atom. The molecule has 0 aliphatic carbocycles. The van der Waals surface area contributed by atoms with Crippen LogP contribution in [0.2, 0.25) is 0 Å². The molecule has 0 spiro atoms. The van der Waals surface area contributed by atoms with E-state index in [4.69, 9.17) is 0 Å². The lowest BCUT2D eigenvalue weighted by Crippen LogP contribution is -2.58. The molecule has 0 bridgehead atoms. The summed E-state index contributed by atoms with van der Waals surface area (Å²) in [5.74, 6) is -0.185. The van der Waals surface area contributed by atoms with E-state index in [1.165, 1.54) is 23.3 Å². The van der Waals surface area contributed by atoms with E-state index in [0.717, 1.165) is 24.0 Å². The molecule has 1 aromatic heterocycles. The third-order valence-corrected chi connectivity index (χ3v) is 4.12. The van der Waals surface area contributed by atoms with Crippen LogP contribution in [0, 0.1) is 5.82 Å². The largest absolute Gasteiger partial charge is 0.315 e. The van der Waals surface area contributed by atoms with E-state index in [9.17, 15) is 4.39 Å². The van der Waals surface area contributed by atoms with Crippen molar-refractivity contribution >= 4 is 15.9 Å². The zero-order valence-electron chi connectivity index (χ0n) is 10.4. The van der Waals surface area contributed by atoms with Crippen molar-refractivity contribution < 1.29 is 4.39 Å². The van der Waals surface area contributed by atoms with Gasteiger partial charge in [-0.15, -0.1) is 0 Å². The Morgan fingerprint density at radius 2 is 1.95 bits per heavy atom. The first-order chi connectivity index (χ1) is 9.18. The molecule has 0 atom stereocenters. The topological polar surface area (TPSA) is 24.9 Å². The zero-order chi connectivity index (χ0) is 13.3. The smallest absolute Gasteiger partial charge is 0.123 e. The Labute approximate surface area is 120 Å². The maximum absolute atomic E-state index is 13.0. The molecule has 98 valence electrons. The summed E-state index contributed by atoms with van der Waals surface area (Å²) in [6, 6.07) is 8.95. The Balaban J connectivity index is 1.89. The molecule has 0 amide bonds. The summed E-state index contributed by atoms with van der Waals surface area (Å²) in [4.78, 5) is 4.21. The van der Waals surface area contributed by atoms with Crippen molar-refractivity contribution in [2.24, 2.45) is 0 Å². The highest BCUT2D eigenvalue weighted by Crippen LogP contribution is 2.33. The molecule has 1 N–H and O–H groups in total. The van der Waals surface area contributed by atoms with Gasteiger partial charge in [-0.3, -0.25) is 4.98 Å². The molecule has 1 aliphatic rings. The van der Waals surface area contributed by atoms with E-state index >= 15 is 0 Å². The monoisotopic (exact) mass is 320 g/mol. The minimum Gasteiger partial charge on any atom is -0.315 e. The molecule has 2 aromatic rings. The molecule has 1 saturated heterocycles. The minimum absolute atomic E-state index is 0.0656. The van der Waals surface area contributed by atoms with E-state index in [0.29, 0.717) is 0 Å². The summed E-state index contributed by atoms with van der Waals surface area (Å²) < 4.78 is 14.0. The molecule has 19 heavy (non-hydrogen) atoms. The normalized spacial score (nSPS) is 16.9. The number of benzene rings is 1. The molecule has 4 heteroatoms. The van der Waals surface area contributed by atoms with Gasteiger partial charge in [0.2, 0.25) is 0 Å². The van der Waals surface area contributed by atoms with Crippen LogP contribution in [0.3, 0.4) is 0 Å². The van der Waals surface area contributed by atoms with E-state index in [-0.39, 0.29) is 11.2 Å². The van der Waals surface area contributed by atoms with Crippen molar-refractivity contribution in [2.75, 3.05) is 13.1 Å². The van der Waals surface area contributed by atoms with Crippen LogP contribution < -0.4 is 5.32 Å². The van der Waals surface area contributed by atoms with E-state index in [1.54, 1.807) is 6.20 Å². The first kappa shape index (κ1) is 12.8. The maximum atomic E-state index is 13.0. The molecule has 3 rings (SSSR count). The Kier molecular flexibility index (Phi) is 3.37. The van der Waals surface area contributed by atoms with Gasteiger partial charge in [0, 0.05) is 35.4 Å². The fourth-order valence-electron chi connectivity index (χ4n) is 2.60. The summed E-state index contributed by atoms with van der Waals surface area (Å²) in [6.07, 6.45) is 4.60. The summed E-state index contributed by atoms with van der Waals surface area (Å²) >= 11 is 3.45. The van der Waals surface area contributed by atoms with Crippen LogP contribution in [0.15, 0.2) is 47.2 Å². The van der Waals surface area contributed by atoms with Crippen LogP contribution in [0.25, 0.3) is 0 Å². The average Bonchev–Trinajstić information content (AvgIpc) is 2.35. The lowest BCUT2D eigenvalue weighted by atomic mass is 9.71. The second-order valence-electron chi connectivity index (χ2n) is 5.08. The molecule has 1 aliphatic heterocycles. The number of halogens is 2. The highest BCUT2D eigenvalue weighted by atomic mass is 79.9. The first-order valence-corrected chi connectivity index (χ1v) is 7.03. The summed E-state index contributed by atoms with van der Waals surface area (Å²) in [5, 5.41) is 3.32. The summed E-state index contributed by atoms with van der Waals surface area (Å²) in [6.45, 7) is 1.84. The number of rotatable bonds is 3. The number of aromatic nitrogens is 1. The molecule has 1 fully saturated rings. The third kappa shape index (κ3) is 2.55. The van der Waals surface area contributed by atoms with Gasteiger partial charge in [-0.1, -0.05) is 12.1 Å². The Bertz CT molecular complexity index is 579. The molecule has 2 nitrogen and oxygen atoms in total. The fraction of sp³-hybridized carbons (Fsp3) is 0.267. The fourth-order valence-corrected chi connectivity index (χ4v) is 3.02. The SMILES string of the molecule is Fc1ccc(C2(Cc3cncc(Br)c3)CNC2)cc1. The van der Waals surface area contributed by atoms with Crippen molar-refractivity contribution in [3.05, 3.63) is 64.1 Å². The van der Waals surface area contributed by atoms with Crippen LogP contribution >= 0.6 is 15.9 Å². The second kappa shape index (κ2) is 5.02. The summed E-state index contributed by atoms with van der Waals surface area (Å²) in [5.41, 5.74) is 2.45. The number of pyridine rings is 1.